The molecule has 0 aliphatic carbocycles. The fourth-order valence-electron chi connectivity index (χ4n) is 2.35. The number of aliphatic carboxylic acids is 1. The molecule has 0 aromatic carbocycles. The van der Waals surface area contributed by atoms with Crippen molar-refractivity contribution in [1.29, 1.82) is 0 Å². The Morgan fingerprint density at radius 2 is 1.23 bits per heavy atom. The molecule has 1 N–H and O–H groups in total. The van der Waals surface area contributed by atoms with E-state index >= 15 is 0 Å². The summed E-state index contributed by atoms with van der Waals surface area (Å²) in [6.45, 7) is 2.26. The van der Waals surface area contributed by atoms with E-state index in [0.717, 1.165) is 12.8 Å². The molecule has 0 aromatic rings. The maximum absolute atomic E-state index is 10.3. The second kappa shape index (κ2) is 25.1. The second-order valence-electron chi connectivity index (χ2n) is 5.73. The van der Waals surface area contributed by atoms with Crippen LogP contribution in [-0.4, -0.2) is 11.1 Å². The molecule has 0 amide bonds. The van der Waals surface area contributed by atoms with Crippen LogP contribution in [0.4, 0.5) is 0 Å². The summed E-state index contributed by atoms with van der Waals surface area (Å²) in [7, 11) is 0. The molecule has 0 aromatic heterocycles. The second-order valence-corrected chi connectivity index (χ2v) is 5.73. The molecule has 0 atom stereocenters. The van der Waals surface area contributed by atoms with Crippen molar-refractivity contribution in [3.8, 4) is 0 Å². The Kier molecular flexibility index (Phi) is 32.7. The van der Waals surface area contributed by atoms with Crippen molar-refractivity contribution >= 4 is 5.97 Å². The topological polar surface area (TPSA) is 37.3 Å². The number of carboxylic acids is 1. The summed E-state index contributed by atoms with van der Waals surface area (Å²) in [4.78, 5) is 10.3. The van der Waals surface area contributed by atoms with E-state index in [1.807, 2.05) is 0 Å². The van der Waals surface area contributed by atoms with E-state index in [-0.39, 0.29) is 83.8 Å². The molecule has 0 bridgehead atoms. The summed E-state index contributed by atoms with van der Waals surface area (Å²) >= 11 is 0. The molecule has 0 saturated carbocycles. The van der Waals surface area contributed by atoms with Crippen molar-refractivity contribution in [2.45, 2.75) is 96.8 Å². The summed E-state index contributed by atoms with van der Waals surface area (Å²) in [5.41, 5.74) is 0. The molecule has 0 radical (unpaired) electrons. The molecule has 0 aliphatic heterocycles. The van der Waals surface area contributed by atoms with Crippen LogP contribution in [0.3, 0.4) is 0 Å². The fraction of sp³-hybridized carbons (Fsp3) is 0.833. The zero-order chi connectivity index (χ0) is 14.9. The van der Waals surface area contributed by atoms with Crippen LogP contribution in [0, 0.1) is 0 Å². The molecule has 122 valence electrons. The van der Waals surface area contributed by atoms with Crippen LogP contribution in [0.1, 0.15) is 99.7 Å². The van der Waals surface area contributed by atoms with Crippen molar-refractivity contribution in [3.05, 3.63) is 12.2 Å². The first-order chi connectivity index (χ1) is 9.77. The monoisotopic (exact) mass is 346 g/mol. The molecule has 0 rings (SSSR count). The fourth-order valence-corrected chi connectivity index (χ4v) is 2.35. The number of unbranched alkanes of at least 4 members (excludes halogenated alkanes) is 11. The number of carbonyl (C=O) groups is 1. The van der Waals surface area contributed by atoms with Gasteiger partial charge in [0.1, 0.15) is 0 Å². The summed E-state index contributed by atoms with van der Waals surface area (Å²) < 4.78 is 0. The molecule has 0 unspecified atom stereocenters. The minimum Gasteiger partial charge on any atom is -1.00 e. The molecule has 2 nitrogen and oxygen atoms in total. The molecule has 0 heterocycles. The van der Waals surface area contributed by atoms with Crippen LogP contribution in [0.2, 0.25) is 0 Å². The van der Waals surface area contributed by atoms with Gasteiger partial charge < -0.3 is 7.96 Å². The smallest absolute Gasteiger partial charge is 1.00 e. The largest absolute Gasteiger partial charge is 1.00 e. The average Bonchev–Trinajstić information content (AvgIpc) is 2.43. The Morgan fingerprint density at radius 1 is 0.818 bits per heavy atom. The van der Waals surface area contributed by atoms with Crippen molar-refractivity contribution in [3.63, 3.8) is 0 Å². The van der Waals surface area contributed by atoms with E-state index in [4.69, 9.17) is 5.11 Å². The zero-order valence-electron chi connectivity index (χ0n) is 17.4. The Hall–Kier alpha value is 1.85. The van der Waals surface area contributed by atoms with Crippen LogP contribution in [0.25, 0.3) is 0 Å². The molecule has 0 fully saturated rings. The maximum atomic E-state index is 10.3. The van der Waals surface area contributed by atoms with E-state index in [1.54, 1.807) is 0 Å². The molecular formula is C18H36KNaO2. The van der Waals surface area contributed by atoms with Gasteiger partial charge in [0.15, 0.2) is 0 Å². The van der Waals surface area contributed by atoms with Gasteiger partial charge in [-0.15, -0.1) is 0 Å². The average molecular weight is 347 g/mol. The van der Waals surface area contributed by atoms with Gasteiger partial charge in [-0.2, -0.15) is 0 Å². The van der Waals surface area contributed by atoms with Gasteiger partial charge in [-0.05, 0) is 32.1 Å². The van der Waals surface area contributed by atoms with Gasteiger partial charge >= 0.3 is 86.9 Å². The Morgan fingerprint density at radius 3 is 1.68 bits per heavy atom. The predicted molar refractivity (Wildman–Crippen MR) is 89.3 cm³/mol. The predicted octanol–water partition coefficient (Wildman–Crippen LogP) is 0.342. The van der Waals surface area contributed by atoms with Crippen molar-refractivity contribution in [1.82, 2.24) is 0 Å². The molecule has 4 heteroatoms. The Labute approximate surface area is 206 Å². The summed E-state index contributed by atoms with van der Waals surface area (Å²) in [6.07, 6.45) is 21.2. The normalized spacial score (nSPS) is 10.2. The van der Waals surface area contributed by atoms with E-state index in [2.05, 4.69) is 19.1 Å². The standard InChI is InChI=1S/C18H34O2.K.Na.2H/c1-2-3-4-5-6-7-8-9-10-11-12-13-14-15-16-17-18(19)20;;;;/h9-10H,2-8,11-17H2,1H3,(H,19,20);;;;/q;2*+1;2*-1. The quantitative estimate of drug-likeness (QED) is 0.264. The van der Waals surface area contributed by atoms with Gasteiger partial charge in [0.05, 0.1) is 0 Å². The third kappa shape index (κ3) is 26.7. The number of carboxylic acid groups (broad SMARTS) is 1. The maximum Gasteiger partial charge on any atom is 1.00 e. The number of hydrogen-bond donors (Lipinski definition) is 1. The molecular weight excluding hydrogens is 310 g/mol. The van der Waals surface area contributed by atoms with Gasteiger partial charge in [-0.3, -0.25) is 4.79 Å². The third-order valence-corrected chi connectivity index (χ3v) is 3.65. The third-order valence-electron chi connectivity index (χ3n) is 3.65. The molecule has 0 aliphatic rings. The van der Waals surface area contributed by atoms with Gasteiger partial charge in [-0.1, -0.05) is 70.4 Å². The number of rotatable bonds is 15. The van der Waals surface area contributed by atoms with Crippen molar-refractivity contribution in [2.75, 3.05) is 0 Å². The van der Waals surface area contributed by atoms with E-state index in [1.165, 1.54) is 70.6 Å². The van der Waals surface area contributed by atoms with E-state index < -0.39 is 5.97 Å². The SMILES string of the molecule is CCCCCCCCC=CCCCCCCCC(=O)O.[H-].[H-].[K+].[Na+]. The molecule has 0 saturated heterocycles. The van der Waals surface area contributed by atoms with Crippen LogP contribution < -0.4 is 80.9 Å². The summed E-state index contributed by atoms with van der Waals surface area (Å²) in [5.74, 6) is -0.664. The number of allylic oxidation sites excluding steroid dienone is 2. The van der Waals surface area contributed by atoms with Crippen LogP contribution in [-0.2, 0) is 4.79 Å². The minimum absolute atomic E-state index is 0. The minimum atomic E-state index is -0.664. The Balaban J connectivity index is -0.000000301. The van der Waals surface area contributed by atoms with E-state index in [0.29, 0.717) is 6.42 Å². The summed E-state index contributed by atoms with van der Waals surface area (Å²) in [6, 6.07) is 0. The molecule has 0 spiro atoms. The first kappa shape index (κ1) is 28.6. The van der Waals surface area contributed by atoms with Crippen LogP contribution in [0.5, 0.6) is 0 Å². The first-order valence-corrected chi connectivity index (χ1v) is 8.64. The van der Waals surface area contributed by atoms with E-state index in [9.17, 15) is 4.79 Å². The van der Waals surface area contributed by atoms with Gasteiger partial charge in [0, 0.05) is 6.42 Å². The van der Waals surface area contributed by atoms with Crippen LogP contribution in [0.15, 0.2) is 12.2 Å². The van der Waals surface area contributed by atoms with Gasteiger partial charge in [0.25, 0.3) is 0 Å². The number of hydrogen-bond acceptors (Lipinski definition) is 1. The van der Waals surface area contributed by atoms with Crippen molar-refractivity contribution in [2.24, 2.45) is 0 Å². The zero-order valence-corrected chi connectivity index (χ0v) is 20.5. The summed E-state index contributed by atoms with van der Waals surface area (Å²) in [5, 5.41) is 8.51. The molecule has 22 heavy (non-hydrogen) atoms. The van der Waals surface area contributed by atoms with Gasteiger partial charge in [-0.25, -0.2) is 0 Å². The van der Waals surface area contributed by atoms with Gasteiger partial charge in [0.2, 0.25) is 0 Å². The van der Waals surface area contributed by atoms with Crippen LogP contribution >= 0.6 is 0 Å². The first-order valence-electron chi connectivity index (χ1n) is 8.64. The Bertz CT molecular complexity index is 255. The van der Waals surface area contributed by atoms with Crippen molar-refractivity contribution < 1.29 is 93.7 Å².